The zero-order valence-electron chi connectivity index (χ0n) is 12.4. The Morgan fingerprint density at radius 1 is 1.25 bits per heavy atom. The molecule has 1 aliphatic heterocycles. The van der Waals surface area contributed by atoms with E-state index in [9.17, 15) is 0 Å². The molecule has 2 aromatic rings. The highest BCUT2D eigenvalue weighted by Crippen LogP contribution is 2.19. The number of H-pyrrole nitrogens is 1. The van der Waals surface area contributed by atoms with Crippen LogP contribution < -0.4 is 0 Å². The molecule has 0 spiro atoms. The Morgan fingerprint density at radius 3 is 2.70 bits per heavy atom. The summed E-state index contributed by atoms with van der Waals surface area (Å²) in [7, 11) is 2.01. The second kappa shape index (κ2) is 5.69. The van der Waals surface area contributed by atoms with Gasteiger partial charge in [0.25, 0.3) is 0 Å². The summed E-state index contributed by atoms with van der Waals surface area (Å²) in [6.45, 7) is 6.67. The number of hydrogen-bond acceptors (Lipinski definition) is 3. The molecule has 0 saturated carbocycles. The first-order valence-electron chi connectivity index (χ1n) is 7.57. The Bertz CT molecular complexity index is 644. The van der Waals surface area contributed by atoms with Crippen molar-refractivity contribution in [2.75, 3.05) is 19.6 Å². The van der Waals surface area contributed by atoms with Crippen LogP contribution in [0.25, 0.3) is 11.2 Å². The molecular weight excluding hydrogens is 270 g/mol. The Hall–Kier alpha value is -1.14. The standard InChI is InChI=1S/C14H23N5S/c1-3-6-11-12-13(17(2)16-11)19(14(20)15-12)10-9-18-7-4-5-8-18/h3-10H2,1-2H3,(H,15,20). The molecular formula is C14H23N5S. The first kappa shape index (κ1) is 13.8. The van der Waals surface area contributed by atoms with Crippen LogP contribution in [0.3, 0.4) is 0 Å². The fourth-order valence-corrected chi connectivity index (χ4v) is 3.42. The van der Waals surface area contributed by atoms with E-state index in [1.54, 1.807) is 0 Å². The maximum absolute atomic E-state index is 5.50. The van der Waals surface area contributed by atoms with Gasteiger partial charge < -0.3 is 14.5 Å². The average Bonchev–Trinajstić information content (AvgIpc) is 3.08. The van der Waals surface area contributed by atoms with Crippen LogP contribution >= 0.6 is 12.2 Å². The molecule has 110 valence electrons. The van der Waals surface area contributed by atoms with Gasteiger partial charge in [0.05, 0.1) is 5.69 Å². The van der Waals surface area contributed by atoms with Gasteiger partial charge in [-0.1, -0.05) is 13.3 Å². The number of imidazole rings is 1. The maximum Gasteiger partial charge on any atom is 0.179 e. The van der Waals surface area contributed by atoms with Crippen LogP contribution in [0.1, 0.15) is 31.9 Å². The van der Waals surface area contributed by atoms with Crippen molar-refractivity contribution in [3.8, 4) is 0 Å². The van der Waals surface area contributed by atoms with E-state index in [1.165, 1.54) is 25.9 Å². The maximum atomic E-state index is 5.50. The molecule has 3 rings (SSSR count). The summed E-state index contributed by atoms with van der Waals surface area (Å²) in [5.74, 6) is 0. The minimum Gasteiger partial charge on any atom is -0.328 e. The number of likely N-dealkylation sites (tertiary alicyclic amines) is 1. The smallest absolute Gasteiger partial charge is 0.179 e. The van der Waals surface area contributed by atoms with E-state index >= 15 is 0 Å². The van der Waals surface area contributed by atoms with E-state index < -0.39 is 0 Å². The molecule has 1 N–H and O–H groups in total. The predicted octanol–water partition coefficient (Wildman–Crippen LogP) is 2.48. The van der Waals surface area contributed by atoms with Gasteiger partial charge >= 0.3 is 0 Å². The lowest BCUT2D eigenvalue weighted by atomic mass is 10.2. The molecule has 1 aliphatic rings. The summed E-state index contributed by atoms with van der Waals surface area (Å²) < 4.78 is 5.00. The SMILES string of the molecule is CCCc1nn(C)c2c1[nH]c(=S)n2CCN1CCCC1. The molecule has 20 heavy (non-hydrogen) atoms. The molecule has 5 nitrogen and oxygen atoms in total. The number of rotatable bonds is 5. The Morgan fingerprint density at radius 2 is 2.00 bits per heavy atom. The van der Waals surface area contributed by atoms with E-state index in [1.807, 2.05) is 11.7 Å². The molecule has 6 heteroatoms. The number of aromatic amines is 1. The van der Waals surface area contributed by atoms with E-state index in [2.05, 4.69) is 26.5 Å². The topological polar surface area (TPSA) is 41.8 Å². The molecule has 3 heterocycles. The number of fused-ring (bicyclic) bond motifs is 1. The van der Waals surface area contributed by atoms with Crippen molar-refractivity contribution in [2.45, 2.75) is 39.2 Å². The van der Waals surface area contributed by atoms with Crippen molar-refractivity contribution in [3.63, 3.8) is 0 Å². The molecule has 2 aromatic heterocycles. The van der Waals surface area contributed by atoms with Crippen molar-refractivity contribution in [3.05, 3.63) is 10.5 Å². The molecule has 0 amide bonds. The van der Waals surface area contributed by atoms with Crippen molar-refractivity contribution in [2.24, 2.45) is 7.05 Å². The molecule has 0 aromatic carbocycles. The van der Waals surface area contributed by atoms with Crippen LogP contribution in [-0.2, 0) is 20.0 Å². The molecule has 0 bridgehead atoms. The monoisotopic (exact) mass is 293 g/mol. The third-order valence-electron chi connectivity index (χ3n) is 4.15. The summed E-state index contributed by atoms with van der Waals surface area (Å²) in [6.07, 6.45) is 4.77. The number of nitrogens with zero attached hydrogens (tertiary/aromatic N) is 4. The lowest BCUT2D eigenvalue weighted by molar-refractivity contribution is 0.323. The average molecular weight is 293 g/mol. The Balaban J connectivity index is 1.89. The van der Waals surface area contributed by atoms with E-state index in [4.69, 9.17) is 12.2 Å². The van der Waals surface area contributed by atoms with Gasteiger partial charge in [-0.15, -0.1) is 0 Å². The Kier molecular flexibility index (Phi) is 3.94. The number of aromatic nitrogens is 4. The van der Waals surface area contributed by atoms with Crippen LogP contribution in [0.4, 0.5) is 0 Å². The van der Waals surface area contributed by atoms with E-state index in [0.29, 0.717) is 0 Å². The van der Waals surface area contributed by atoms with Gasteiger partial charge in [0.15, 0.2) is 10.4 Å². The fourth-order valence-electron chi connectivity index (χ4n) is 3.14. The van der Waals surface area contributed by atoms with Gasteiger partial charge in [0.2, 0.25) is 0 Å². The van der Waals surface area contributed by atoms with Gasteiger partial charge in [-0.25, -0.2) is 0 Å². The lowest BCUT2D eigenvalue weighted by Gasteiger charge is -2.14. The van der Waals surface area contributed by atoms with Gasteiger partial charge in [-0.2, -0.15) is 5.10 Å². The van der Waals surface area contributed by atoms with Crippen LogP contribution in [0.5, 0.6) is 0 Å². The van der Waals surface area contributed by atoms with Crippen molar-refractivity contribution >= 4 is 23.4 Å². The number of hydrogen-bond donors (Lipinski definition) is 1. The van der Waals surface area contributed by atoms with Crippen molar-refractivity contribution in [1.29, 1.82) is 0 Å². The van der Waals surface area contributed by atoms with Gasteiger partial charge in [-0.05, 0) is 44.6 Å². The third kappa shape index (κ3) is 2.42. The fraction of sp³-hybridized carbons (Fsp3) is 0.714. The van der Waals surface area contributed by atoms with Crippen molar-refractivity contribution in [1.82, 2.24) is 24.2 Å². The summed E-state index contributed by atoms with van der Waals surface area (Å²) in [5.41, 5.74) is 3.40. The second-order valence-electron chi connectivity index (χ2n) is 5.65. The summed E-state index contributed by atoms with van der Waals surface area (Å²) >= 11 is 5.50. The first-order valence-corrected chi connectivity index (χ1v) is 7.98. The van der Waals surface area contributed by atoms with Crippen LogP contribution in [0.15, 0.2) is 0 Å². The minimum absolute atomic E-state index is 0.824. The van der Waals surface area contributed by atoms with Gasteiger partial charge in [-0.3, -0.25) is 4.68 Å². The van der Waals surface area contributed by atoms with E-state index in [-0.39, 0.29) is 0 Å². The van der Waals surface area contributed by atoms with Crippen molar-refractivity contribution < 1.29 is 0 Å². The molecule has 1 saturated heterocycles. The summed E-state index contributed by atoms with van der Waals surface area (Å²) in [4.78, 5) is 5.87. The lowest BCUT2D eigenvalue weighted by Crippen LogP contribution is -2.24. The van der Waals surface area contributed by atoms with Crippen LogP contribution in [-0.4, -0.2) is 43.9 Å². The van der Waals surface area contributed by atoms with Crippen LogP contribution in [0.2, 0.25) is 0 Å². The van der Waals surface area contributed by atoms with Gasteiger partial charge in [0.1, 0.15) is 5.52 Å². The third-order valence-corrected chi connectivity index (χ3v) is 4.47. The first-order chi connectivity index (χ1) is 9.70. The molecule has 0 radical (unpaired) electrons. The highest BCUT2D eigenvalue weighted by molar-refractivity contribution is 7.71. The number of aryl methyl sites for hydroxylation is 2. The van der Waals surface area contributed by atoms with E-state index in [0.717, 1.165) is 47.6 Å². The quantitative estimate of drug-likeness (QED) is 0.861. The summed E-state index contributed by atoms with van der Waals surface area (Å²) in [6, 6.07) is 0. The molecule has 0 atom stereocenters. The predicted molar refractivity (Wildman–Crippen MR) is 83.6 cm³/mol. The summed E-state index contributed by atoms with van der Waals surface area (Å²) in [5, 5.41) is 4.63. The zero-order chi connectivity index (χ0) is 14.1. The normalized spacial score (nSPS) is 16.5. The zero-order valence-corrected chi connectivity index (χ0v) is 13.2. The minimum atomic E-state index is 0.824. The Labute approximate surface area is 124 Å². The highest BCUT2D eigenvalue weighted by Gasteiger charge is 2.16. The molecule has 0 aliphatic carbocycles. The van der Waals surface area contributed by atoms with Crippen LogP contribution in [0, 0.1) is 4.77 Å². The molecule has 0 unspecified atom stereocenters. The van der Waals surface area contributed by atoms with Gasteiger partial charge in [0, 0.05) is 20.1 Å². The number of nitrogens with one attached hydrogen (secondary N) is 1. The largest absolute Gasteiger partial charge is 0.328 e. The molecule has 1 fully saturated rings. The second-order valence-corrected chi connectivity index (χ2v) is 6.04. The highest BCUT2D eigenvalue weighted by atomic mass is 32.1.